The third-order valence-corrected chi connectivity index (χ3v) is 2.66. The molecule has 1 aromatic rings. The van der Waals surface area contributed by atoms with E-state index in [2.05, 4.69) is 16.8 Å². The fourth-order valence-electron chi connectivity index (χ4n) is 1.82. The number of rotatable bonds is 0. The van der Waals surface area contributed by atoms with Gasteiger partial charge < -0.3 is 14.1 Å². The van der Waals surface area contributed by atoms with Crippen molar-refractivity contribution < 1.29 is 13.9 Å². The van der Waals surface area contributed by atoms with E-state index in [0.717, 1.165) is 6.42 Å². The van der Waals surface area contributed by atoms with Gasteiger partial charge in [-0.25, -0.2) is 9.78 Å². The Morgan fingerprint density at radius 1 is 1.58 bits per heavy atom. The van der Waals surface area contributed by atoms with Crippen LogP contribution >= 0.6 is 0 Å². The number of carbonyl (C=O) groups is 1. The molecule has 1 fully saturated rings. The van der Waals surface area contributed by atoms with Crippen LogP contribution < -0.4 is 0 Å². The number of nitrogens with zero attached hydrogens (tertiary/aromatic N) is 2. The summed E-state index contributed by atoms with van der Waals surface area (Å²) >= 11 is 0. The summed E-state index contributed by atoms with van der Waals surface area (Å²) in [7, 11) is 0. The van der Waals surface area contributed by atoms with E-state index in [4.69, 9.17) is 9.15 Å². The molecule has 2 heterocycles. The summed E-state index contributed by atoms with van der Waals surface area (Å²) in [6, 6.07) is 0. The van der Waals surface area contributed by atoms with Crippen LogP contribution in [0.4, 0.5) is 4.79 Å². The molecule has 0 bridgehead atoms. The van der Waals surface area contributed by atoms with Gasteiger partial charge in [0, 0.05) is 19.0 Å². The van der Waals surface area contributed by atoms with E-state index in [1.807, 2.05) is 20.8 Å². The van der Waals surface area contributed by atoms with Crippen LogP contribution in [0.25, 0.3) is 0 Å². The molecule has 0 saturated carbocycles. The van der Waals surface area contributed by atoms with Crippen LogP contribution in [0.1, 0.15) is 33.1 Å². The summed E-state index contributed by atoms with van der Waals surface area (Å²) in [6.07, 6.45) is 3.64. The maximum absolute atomic E-state index is 11.9. The second kappa shape index (κ2) is 5.35. The Kier molecular flexibility index (Phi) is 3.79. The lowest BCUT2D eigenvalue weighted by Crippen LogP contribution is -2.35. The molecular formula is C14H18N2O3. The number of amides is 1. The van der Waals surface area contributed by atoms with Crippen LogP contribution in [0.15, 0.2) is 16.9 Å². The summed E-state index contributed by atoms with van der Waals surface area (Å²) in [4.78, 5) is 17.5. The number of hydrogen-bond acceptors (Lipinski definition) is 4. The lowest BCUT2D eigenvalue weighted by molar-refractivity contribution is 0.0291. The SMILES string of the molecule is CC(C)(C)OC(=O)N1CCC(C#Cc2ncco2)C1. The Bertz CT molecular complexity index is 491. The normalized spacial score (nSPS) is 18.9. The minimum atomic E-state index is -0.459. The second-order valence-electron chi connectivity index (χ2n) is 5.52. The standard InChI is InChI=1S/C14H18N2O3/c1-14(2,3)19-13(17)16-8-6-11(10-16)4-5-12-15-7-9-18-12/h7,9,11H,6,8,10H2,1-3H3. The summed E-state index contributed by atoms with van der Waals surface area (Å²) in [5, 5.41) is 0. The van der Waals surface area contributed by atoms with Gasteiger partial charge in [0.25, 0.3) is 5.89 Å². The molecular weight excluding hydrogens is 244 g/mol. The molecule has 102 valence electrons. The van der Waals surface area contributed by atoms with Crippen molar-refractivity contribution in [1.82, 2.24) is 9.88 Å². The molecule has 1 aromatic heterocycles. The molecule has 5 heteroatoms. The highest BCUT2D eigenvalue weighted by Gasteiger charge is 2.28. The van der Waals surface area contributed by atoms with Crippen LogP contribution in [0.5, 0.6) is 0 Å². The monoisotopic (exact) mass is 262 g/mol. The first-order valence-corrected chi connectivity index (χ1v) is 6.33. The zero-order chi connectivity index (χ0) is 13.9. The molecule has 1 aliphatic heterocycles. The second-order valence-corrected chi connectivity index (χ2v) is 5.52. The average molecular weight is 262 g/mol. The number of oxazole rings is 1. The summed E-state index contributed by atoms with van der Waals surface area (Å²) in [6.45, 7) is 6.87. The molecule has 0 N–H and O–H groups in total. The van der Waals surface area contributed by atoms with Crippen LogP contribution in [0.2, 0.25) is 0 Å². The maximum atomic E-state index is 11.9. The van der Waals surface area contributed by atoms with Gasteiger partial charge in [-0.3, -0.25) is 0 Å². The fourth-order valence-corrected chi connectivity index (χ4v) is 1.82. The van der Waals surface area contributed by atoms with Crippen molar-refractivity contribution in [3.05, 3.63) is 18.4 Å². The molecule has 0 aliphatic carbocycles. The van der Waals surface area contributed by atoms with Crippen LogP contribution in [-0.4, -0.2) is 34.7 Å². The van der Waals surface area contributed by atoms with Crippen molar-refractivity contribution in [1.29, 1.82) is 0 Å². The summed E-state index contributed by atoms with van der Waals surface area (Å²) < 4.78 is 10.4. The topological polar surface area (TPSA) is 55.6 Å². The van der Waals surface area contributed by atoms with Gasteiger partial charge in [-0.1, -0.05) is 5.92 Å². The van der Waals surface area contributed by atoms with E-state index >= 15 is 0 Å². The Labute approximate surface area is 112 Å². The van der Waals surface area contributed by atoms with Crippen LogP contribution in [0, 0.1) is 17.8 Å². The molecule has 0 spiro atoms. The van der Waals surface area contributed by atoms with Gasteiger partial charge in [0.15, 0.2) is 0 Å². The van der Waals surface area contributed by atoms with Crippen LogP contribution in [0.3, 0.4) is 0 Å². The molecule has 2 rings (SSSR count). The average Bonchev–Trinajstić information content (AvgIpc) is 2.96. The molecule has 1 amide bonds. The predicted molar refractivity (Wildman–Crippen MR) is 69.3 cm³/mol. The van der Waals surface area contributed by atoms with Gasteiger partial charge in [0.05, 0.1) is 6.20 Å². The van der Waals surface area contributed by atoms with Gasteiger partial charge in [-0.2, -0.15) is 0 Å². The lowest BCUT2D eigenvalue weighted by Gasteiger charge is -2.24. The summed E-state index contributed by atoms with van der Waals surface area (Å²) in [5.41, 5.74) is -0.459. The molecule has 19 heavy (non-hydrogen) atoms. The Balaban J connectivity index is 1.88. The first-order valence-electron chi connectivity index (χ1n) is 6.33. The highest BCUT2D eigenvalue weighted by atomic mass is 16.6. The smallest absolute Gasteiger partial charge is 0.410 e. The quantitative estimate of drug-likeness (QED) is 0.673. The van der Waals surface area contributed by atoms with Crippen molar-refractivity contribution in [2.45, 2.75) is 32.8 Å². The van der Waals surface area contributed by atoms with E-state index in [1.165, 1.54) is 6.26 Å². The van der Waals surface area contributed by atoms with Gasteiger partial charge in [0.1, 0.15) is 11.9 Å². The van der Waals surface area contributed by atoms with Crippen molar-refractivity contribution in [2.75, 3.05) is 13.1 Å². The first-order chi connectivity index (χ1) is 8.94. The highest BCUT2D eigenvalue weighted by molar-refractivity contribution is 5.68. The van der Waals surface area contributed by atoms with Gasteiger partial charge in [0.2, 0.25) is 0 Å². The zero-order valence-electron chi connectivity index (χ0n) is 11.5. The highest BCUT2D eigenvalue weighted by Crippen LogP contribution is 2.18. The largest absolute Gasteiger partial charge is 0.444 e. The fraction of sp³-hybridized carbons (Fsp3) is 0.571. The number of likely N-dealkylation sites (tertiary alicyclic amines) is 1. The zero-order valence-corrected chi connectivity index (χ0v) is 11.5. The van der Waals surface area contributed by atoms with Gasteiger partial charge in [-0.05, 0) is 33.1 Å². The third-order valence-electron chi connectivity index (χ3n) is 2.66. The number of carbonyl (C=O) groups excluding carboxylic acids is 1. The Morgan fingerprint density at radius 2 is 2.37 bits per heavy atom. The molecule has 1 aliphatic rings. The van der Waals surface area contributed by atoms with Crippen LogP contribution in [-0.2, 0) is 4.74 Å². The number of hydrogen-bond donors (Lipinski definition) is 0. The van der Waals surface area contributed by atoms with Crippen molar-refractivity contribution in [2.24, 2.45) is 5.92 Å². The van der Waals surface area contributed by atoms with E-state index in [0.29, 0.717) is 19.0 Å². The van der Waals surface area contributed by atoms with E-state index in [9.17, 15) is 4.79 Å². The van der Waals surface area contributed by atoms with Crippen molar-refractivity contribution in [3.63, 3.8) is 0 Å². The Hall–Kier alpha value is -1.96. The lowest BCUT2D eigenvalue weighted by atomic mass is 10.1. The molecule has 1 saturated heterocycles. The van der Waals surface area contributed by atoms with E-state index in [-0.39, 0.29) is 12.0 Å². The minimum absolute atomic E-state index is 0.152. The van der Waals surface area contributed by atoms with E-state index < -0.39 is 5.60 Å². The first kappa shape index (κ1) is 13.5. The maximum Gasteiger partial charge on any atom is 0.410 e. The molecule has 0 aromatic carbocycles. The molecule has 1 atom stereocenters. The van der Waals surface area contributed by atoms with E-state index in [1.54, 1.807) is 11.1 Å². The Morgan fingerprint density at radius 3 is 3.00 bits per heavy atom. The molecule has 1 unspecified atom stereocenters. The molecule has 0 radical (unpaired) electrons. The third kappa shape index (κ3) is 4.02. The van der Waals surface area contributed by atoms with Gasteiger partial charge >= 0.3 is 6.09 Å². The number of aromatic nitrogens is 1. The van der Waals surface area contributed by atoms with Crippen molar-refractivity contribution >= 4 is 6.09 Å². The minimum Gasteiger partial charge on any atom is -0.444 e. The number of ether oxygens (including phenoxy) is 1. The summed E-state index contributed by atoms with van der Waals surface area (Å²) in [5.74, 6) is 6.51. The predicted octanol–water partition coefficient (Wildman–Crippen LogP) is 2.28. The van der Waals surface area contributed by atoms with Gasteiger partial charge in [-0.15, -0.1) is 0 Å². The van der Waals surface area contributed by atoms with Crippen molar-refractivity contribution in [3.8, 4) is 11.8 Å². The molecule has 5 nitrogen and oxygen atoms in total.